The van der Waals surface area contributed by atoms with Crippen LogP contribution < -0.4 is 4.74 Å². The summed E-state index contributed by atoms with van der Waals surface area (Å²) in [6, 6.07) is 8.85. The third-order valence-corrected chi connectivity index (χ3v) is 1.91. The van der Waals surface area contributed by atoms with Crippen molar-refractivity contribution >= 4 is 10.8 Å². The minimum atomic E-state index is -3.21. The van der Waals surface area contributed by atoms with Crippen LogP contribution in [0.3, 0.4) is 0 Å². The number of halogens is 2. The first-order valence-corrected chi connectivity index (χ1v) is 4.47. The molecule has 2 nitrogen and oxygen atoms in total. The summed E-state index contributed by atoms with van der Waals surface area (Å²) in [5.74, 6) is -0.0411. The van der Waals surface area contributed by atoms with E-state index in [1.807, 2.05) is 12.1 Å². The third kappa shape index (κ3) is 2.21. The molecule has 0 unspecified atom stereocenters. The fourth-order valence-corrected chi connectivity index (χ4v) is 1.34. The van der Waals surface area contributed by atoms with E-state index in [0.717, 1.165) is 5.39 Å². The monoisotopic (exact) mass is 209 g/mol. The van der Waals surface area contributed by atoms with Crippen LogP contribution in [0.1, 0.15) is 6.92 Å². The number of alkyl halides is 2. The zero-order valence-electron chi connectivity index (χ0n) is 8.08. The lowest BCUT2D eigenvalue weighted by molar-refractivity contribution is -0.160. The van der Waals surface area contributed by atoms with E-state index in [0.29, 0.717) is 12.3 Å². The zero-order chi connectivity index (χ0) is 10.9. The van der Waals surface area contributed by atoms with Crippen molar-refractivity contribution in [3.8, 4) is 5.88 Å². The number of rotatable bonds is 2. The number of aromatic nitrogens is 1. The number of nitrogens with zero attached hydrogens (tertiary/aromatic N) is 1. The summed E-state index contributed by atoms with van der Waals surface area (Å²) in [6.07, 6.45) is -1.76. The van der Waals surface area contributed by atoms with Gasteiger partial charge in [0.15, 0.2) is 0 Å². The summed E-state index contributed by atoms with van der Waals surface area (Å²) in [4.78, 5) is 3.79. The zero-order valence-corrected chi connectivity index (χ0v) is 8.08. The van der Waals surface area contributed by atoms with E-state index >= 15 is 0 Å². The maximum atomic E-state index is 12.7. The minimum Gasteiger partial charge on any atom is -0.414 e. The summed E-state index contributed by atoms with van der Waals surface area (Å²) >= 11 is 0. The molecule has 0 amide bonds. The Balaban J connectivity index is 2.52. The Kier molecular flexibility index (Phi) is 2.26. The van der Waals surface area contributed by atoms with Gasteiger partial charge in [-0.25, -0.2) is 4.98 Å². The quantitative estimate of drug-likeness (QED) is 0.757. The van der Waals surface area contributed by atoms with Crippen molar-refractivity contribution < 1.29 is 13.5 Å². The Hall–Kier alpha value is -1.71. The number of pyridine rings is 1. The van der Waals surface area contributed by atoms with E-state index in [4.69, 9.17) is 0 Å². The first-order valence-electron chi connectivity index (χ1n) is 4.47. The molecule has 0 aliphatic heterocycles. The molecule has 0 saturated carbocycles. The first-order chi connectivity index (χ1) is 7.06. The van der Waals surface area contributed by atoms with Gasteiger partial charge in [0.25, 0.3) is 0 Å². The molecule has 1 aromatic heterocycles. The van der Waals surface area contributed by atoms with Crippen molar-refractivity contribution in [1.29, 1.82) is 0 Å². The smallest absolute Gasteiger partial charge is 0.396 e. The number of benzene rings is 1. The molecule has 0 aliphatic carbocycles. The van der Waals surface area contributed by atoms with Crippen LogP contribution in [-0.4, -0.2) is 11.1 Å². The SMILES string of the molecule is CC(F)(F)Oc1nccc2ccccc12. The highest BCUT2D eigenvalue weighted by molar-refractivity contribution is 5.86. The second kappa shape index (κ2) is 3.46. The second-order valence-electron chi connectivity index (χ2n) is 3.25. The molecule has 1 heterocycles. The molecule has 0 spiro atoms. The van der Waals surface area contributed by atoms with Crippen molar-refractivity contribution in [2.45, 2.75) is 13.0 Å². The number of fused-ring (bicyclic) bond motifs is 1. The van der Waals surface area contributed by atoms with E-state index in [2.05, 4.69) is 9.72 Å². The van der Waals surface area contributed by atoms with Gasteiger partial charge in [0.05, 0.1) is 0 Å². The molecule has 0 aliphatic rings. The Morgan fingerprint density at radius 2 is 1.93 bits per heavy atom. The maximum absolute atomic E-state index is 12.7. The minimum absolute atomic E-state index is 0.0411. The van der Waals surface area contributed by atoms with E-state index < -0.39 is 6.11 Å². The summed E-state index contributed by atoms with van der Waals surface area (Å²) < 4.78 is 29.8. The average Bonchev–Trinajstić information content (AvgIpc) is 2.16. The van der Waals surface area contributed by atoms with E-state index in [-0.39, 0.29) is 5.88 Å². The summed E-state index contributed by atoms with van der Waals surface area (Å²) in [6.45, 7) is 0.691. The predicted molar refractivity (Wildman–Crippen MR) is 53.0 cm³/mol. The Morgan fingerprint density at radius 1 is 1.20 bits per heavy atom. The topological polar surface area (TPSA) is 22.1 Å². The van der Waals surface area contributed by atoms with Crippen LogP contribution in [0.15, 0.2) is 36.5 Å². The Bertz CT molecular complexity index is 474. The Morgan fingerprint density at radius 3 is 2.67 bits per heavy atom. The third-order valence-electron chi connectivity index (χ3n) is 1.91. The molecule has 2 aromatic rings. The van der Waals surface area contributed by atoms with Crippen LogP contribution in [0.25, 0.3) is 10.8 Å². The lowest BCUT2D eigenvalue weighted by Gasteiger charge is -2.13. The number of ether oxygens (including phenoxy) is 1. The van der Waals surface area contributed by atoms with Gasteiger partial charge in [-0.15, -0.1) is 0 Å². The van der Waals surface area contributed by atoms with Crippen LogP contribution >= 0.6 is 0 Å². The van der Waals surface area contributed by atoms with E-state index in [1.54, 1.807) is 18.2 Å². The van der Waals surface area contributed by atoms with Gasteiger partial charge in [0, 0.05) is 18.5 Å². The molecule has 0 atom stereocenters. The lowest BCUT2D eigenvalue weighted by Crippen LogP contribution is -2.19. The fraction of sp³-hybridized carbons (Fsp3) is 0.182. The highest BCUT2D eigenvalue weighted by Gasteiger charge is 2.24. The van der Waals surface area contributed by atoms with Gasteiger partial charge >= 0.3 is 6.11 Å². The van der Waals surface area contributed by atoms with Crippen molar-refractivity contribution in [2.24, 2.45) is 0 Å². The molecule has 1 aromatic carbocycles. The molecule has 2 rings (SSSR count). The molecule has 0 fully saturated rings. The molecule has 0 N–H and O–H groups in total. The normalized spacial score (nSPS) is 11.7. The summed E-state index contributed by atoms with van der Waals surface area (Å²) in [7, 11) is 0. The van der Waals surface area contributed by atoms with Crippen LogP contribution in [0, 0.1) is 0 Å². The highest BCUT2D eigenvalue weighted by atomic mass is 19.3. The van der Waals surface area contributed by atoms with Gasteiger partial charge in [0.1, 0.15) is 0 Å². The van der Waals surface area contributed by atoms with Crippen LogP contribution in [0.2, 0.25) is 0 Å². The number of hydrogen-bond donors (Lipinski definition) is 0. The molecule has 4 heteroatoms. The van der Waals surface area contributed by atoms with Crippen molar-refractivity contribution in [3.05, 3.63) is 36.5 Å². The van der Waals surface area contributed by atoms with Gasteiger partial charge in [-0.2, -0.15) is 8.78 Å². The first kappa shape index (κ1) is 9.83. The van der Waals surface area contributed by atoms with Gasteiger partial charge in [-0.1, -0.05) is 18.2 Å². The van der Waals surface area contributed by atoms with E-state index in [1.165, 1.54) is 6.20 Å². The largest absolute Gasteiger partial charge is 0.414 e. The maximum Gasteiger partial charge on any atom is 0.396 e. The molecule has 15 heavy (non-hydrogen) atoms. The van der Waals surface area contributed by atoms with Crippen LogP contribution in [0.5, 0.6) is 5.88 Å². The standard InChI is InChI=1S/C11H9F2NO/c1-11(12,13)15-10-9-5-3-2-4-8(9)6-7-14-10/h2-7H,1H3. The summed E-state index contributed by atoms with van der Waals surface area (Å²) in [5, 5.41) is 1.41. The van der Waals surface area contributed by atoms with Gasteiger partial charge in [-0.05, 0) is 17.5 Å². The van der Waals surface area contributed by atoms with Crippen LogP contribution in [0.4, 0.5) is 8.78 Å². The molecular formula is C11H9F2NO. The van der Waals surface area contributed by atoms with Gasteiger partial charge in [0.2, 0.25) is 5.88 Å². The fourth-order valence-electron chi connectivity index (χ4n) is 1.34. The second-order valence-corrected chi connectivity index (χ2v) is 3.25. The molecule has 0 saturated heterocycles. The molecular weight excluding hydrogens is 200 g/mol. The van der Waals surface area contributed by atoms with Crippen molar-refractivity contribution in [2.75, 3.05) is 0 Å². The number of hydrogen-bond acceptors (Lipinski definition) is 2. The molecule has 0 radical (unpaired) electrons. The van der Waals surface area contributed by atoms with Crippen molar-refractivity contribution in [3.63, 3.8) is 0 Å². The molecule has 0 bridgehead atoms. The van der Waals surface area contributed by atoms with Crippen LogP contribution in [-0.2, 0) is 0 Å². The van der Waals surface area contributed by atoms with Gasteiger partial charge < -0.3 is 4.74 Å². The average molecular weight is 209 g/mol. The predicted octanol–water partition coefficient (Wildman–Crippen LogP) is 3.23. The lowest BCUT2D eigenvalue weighted by atomic mass is 10.2. The highest BCUT2D eigenvalue weighted by Crippen LogP contribution is 2.26. The van der Waals surface area contributed by atoms with Crippen molar-refractivity contribution in [1.82, 2.24) is 4.98 Å². The van der Waals surface area contributed by atoms with E-state index in [9.17, 15) is 8.78 Å². The Labute approximate surface area is 85.5 Å². The molecule has 78 valence electrons. The van der Waals surface area contributed by atoms with Gasteiger partial charge in [-0.3, -0.25) is 0 Å². The summed E-state index contributed by atoms with van der Waals surface area (Å²) in [5.41, 5.74) is 0.